The number of aliphatic hydroxyl groups excluding tert-OH is 1. The van der Waals surface area contributed by atoms with Crippen LogP contribution in [-0.2, 0) is 0 Å². The number of imidazole rings is 1. The molecule has 0 unspecified atom stereocenters. The number of aryl methyl sites for hydroxylation is 1. The Bertz CT molecular complexity index is 462. The molecule has 4 heteroatoms. The van der Waals surface area contributed by atoms with Crippen LogP contribution < -0.4 is 0 Å². The van der Waals surface area contributed by atoms with Gasteiger partial charge in [-0.3, -0.25) is 4.57 Å². The number of aliphatic hydroxyl groups is 1. The Balaban J connectivity index is 2.58. The molecule has 78 valence electrons. The van der Waals surface area contributed by atoms with Crippen LogP contribution in [0.2, 0.25) is 0 Å². The number of rotatable bonds is 2. The second kappa shape index (κ2) is 3.82. The summed E-state index contributed by atoms with van der Waals surface area (Å²) in [6, 6.07) is 3.68. The minimum absolute atomic E-state index is 0.532. The van der Waals surface area contributed by atoms with E-state index in [0.29, 0.717) is 0 Å². The quantitative estimate of drug-likeness (QED) is 0.807. The van der Waals surface area contributed by atoms with Crippen LogP contribution in [0.3, 0.4) is 0 Å². The summed E-state index contributed by atoms with van der Waals surface area (Å²) in [5, 5.41) is 9.62. The molecule has 0 fully saturated rings. The van der Waals surface area contributed by atoms with Crippen molar-refractivity contribution in [3.05, 3.63) is 42.1 Å². The van der Waals surface area contributed by atoms with E-state index < -0.39 is 6.10 Å². The average molecular weight is 203 g/mol. The standard InChI is InChI=1S/C11H13N3O/c1-8(15)10-4-3-5-13-11(10)14-7-6-12-9(14)2/h3-8,15H,1-2H3/t8-/m0/s1. The van der Waals surface area contributed by atoms with Gasteiger partial charge >= 0.3 is 0 Å². The molecule has 1 atom stereocenters. The highest BCUT2D eigenvalue weighted by Crippen LogP contribution is 2.19. The lowest BCUT2D eigenvalue weighted by molar-refractivity contribution is 0.198. The van der Waals surface area contributed by atoms with Gasteiger partial charge in [-0.25, -0.2) is 9.97 Å². The van der Waals surface area contributed by atoms with Crippen molar-refractivity contribution in [3.8, 4) is 5.82 Å². The van der Waals surface area contributed by atoms with Crippen molar-refractivity contribution in [2.45, 2.75) is 20.0 Å². The first-order valence-electron chi connectivity index (χ1n) is 4.83. The van der Waals surface area contributed by atoms with Gasteiger partial charge in [0.25, 0.3) is 0 Å². The monoisotopic (exact) mass is 203 g/mol. The number of hydrogen-bond acceptors (Lipinski definition) is 3. The van der Waals surface area contributed by atoms with E-state index in [-0.39, 0.29) is 0 Å². The van der Waals surface area contributed by atoms with Crippen molar-refractivity contribution in [1.82, 2.24) is 14.5 Å². The van der Waals surface area contributed by atoms with Crippen LogP contribution in [0.25, 0.3) is 5.82 Å². The highest BCUT2D eigenvalue weighted by atomic mass is 16.3. The third-order valence-corrected chi connectivity index (χ3v) is 2.32. The van der Waals surface area contributed by atoms with Gasteiger partial charge < -0.3 is 5.11 Å². The summed E-state index contributed by atoms with van der Waals surface area (Å²) in [5.74, 6) is 1.60. The maximum Gasteiger partial charge on any atom is 0.143 e. The van der Waals surface area contributed by atoms with Crippen LogP contribution in [0, 0.1) is 6.92 Å². The molecule has 2 rings (SSSR count). The lowest BCUT2D eigenvalue weighted by Gasteiger charge is -2.11. The molecule has 4 nitrogen and oxygen atoms in total. The van der Waals surface area contributed by atoms with E-state index in [1.54, 1.807) is 19.3 Å². The molecular weight excluding hydrogens is 190 g/mol. The zero-order chi connectivity index (χ0) is 10.8. The Morgan fingerprint density at radius 1 is 1.33 bits per heavy atom. The molecule has 2 aromatic heterocycles. The van der Waals surface area contributed by atoms with E-state index in [1.807, 2.05) is 29.8 Å². The minimum atomic E-state index is -0.532. The summed E-state index contributed by atoms with van der Waals surface area (Å²) < 4.78 is 1.86. The first-order valence-corrected chi connectivity index (χ1v) is 4.83. The largest absolute Gasteiger partial charge is 0.389 e. The van der Waals surface area contributed by atoms with E-state index in [2.05, 4.69) is 9.97 Å². The number of pyridine rings is 1. The fourth-order valence-electron chi connectivity index (χ4n) is 1.54. The van der Waals surface area contributed by atoms with Crippen molar-refractivity contribution in [3.63, 3.8) is 0 Å². The maximum atomic E-state index is 9.62. The molecule has 0 aliphatic rings. The second-order valence-electron chi connectivity index (χ2n) is 3.44. The molecule has 0 bridgehead atoms. The average Bonchev–Trinajstić information content (AvgIpc) is 2.64. The number of aromatic nitrogens is 3. The number of hydrogen-bond donors (Lipinski definition) is 1. The van der Waals surface area contributed by atoms with Gasteiger partial charge in [0.15, 0.2) is 0 Å². The van der Waals surface area contributed by atoms with Gasteiger partial charge in [-0.1, -0.05) is 6.07 Å². The lowest BCUT2D eigenvalue weighted by Crippen LogP contribution is -2.05. The smallest absolute Gasteiger partial charge is 0.143 e. The summed E-state index contributed by atoms with van der Waals surface area (Å²) in [6.45, 7) is 3.63. The van der Waals surface area contributed by atoms with Gasteiger partial charge in [-0.05, 0) is 19.9 Å². The van der Waals surface area contributed by atoms with Gasteiger partial charge in [-0.2, -0.15) is 0 Å². The highest BCUT2D eigenvalue weighted by molar-refractivity contribution is 5.36. The molecule has 1 N–H and O–H groups in total. The summed E-state index contributed by atoms with van der Waals surface area (Å²) in [6.07, 6.45) is 4.73. The topological polar surface area (TPSA) is 50.9 Å². The summed E-state index contributed by atoms with van der Waals surface area (Å²) in [7, 11) is 0. The van der Waals surface area contributed by atoms with Crippen LogP contribution >= 0.6 is 0 Å². The molecular formula is C11H13N3O. The molecule has 0 aliphatic heterocycles. The van der Waals surface area contributed by atoms with Crippen molar-refractivity contribution < 1.29 is 5.11 Å². The van der Waals surface area contributed by atoms with Crippen LogP contribution in [0.5, 0.6) is 0 Å². The molecule has 0 amide bonds. The Morgan fingerprint density at radius 2 is 2.13 bits per heavy atom. The summed E-state index contributed by atoms with van der Waals surface area (Å²) in [4.78, 5) is 8.40. The SMILES string of the molecule is Cc1nccn1-c1ncccc1[C@H](C)O. The molecule has 0 aromatic carbocycles. The molecule has 0 spiro atoms. The van der Waals surface area contributed by atoms with E-state index >= 15 is 0 Å². The third kappa shape index (κ3) is 1.76. The van der Waals surface area contributed by atoms with Gasteiger partial charge in [0.1, 0.15) is 11.6 Å². The zero-order valence-corrected chi connectivity index (χ0v) is 8.75. The highest BCUT2D eigenvalue weighted by Gasteiger charge is 2.11. The maximum absolute atomic E-state index is 9.62. The molecule has 0 aliphatic carbocycles. The van der Waals surface area contributed by atoms with Crippen molar-refractivity contribution in [2.24, 2.45) is 0 Å². The zero-order valence-electron chi connectivity index (χ0n) is 8.75. The molecule has 0 saturated heterocycles. The van der Waals surface area contributed by atoms with Crippen molar-refractivity contribution >= 4 is 0 Å². The predicted molar refractivity (Wildman–Crippen MR) is 56.7 cm³/mol. The Labute approximate surface area is 88.2 Å². The first-order chi connectivity index (χ1) is 7.20. The lowest BCUT2D eigenvalue weighted by atomic mass is 10.1. The van der Waals surface area contributed by atoms with Gasteiger partial charge in [0, 0.05) is 24.2 Å². The Kier molecular flexibility index (Phi) is 2.51. The van der Waals surface area contributed by atoms with E-state index in [1.165, 1.54) is 0 Å². The fourth-order valence-corrected chi connectivity index (χ4v) is 1.54. The summed E-state index contributed by atoms with van der Waals surface area (Å²) in [5.41, 5.74) is 0.804. The van der Waals surface area contributed by atoms with Gasteiger partial charge in [-0.15, -0.1) is 0 Å². The first kappa shape index (κ1) is 9.86. The van der Waals surface area contributed by atoms with E-state index in [0.717, 1.165) is 17.2 Å². The van der Waals surface area contributed by atoms with Gasteiger partial charge in [0.05, 0.1) is 6.10 Å². The fraction of sp³-hybridized carbons (Fsp3) is 0.273. The Morgan fingerprint density at radius 3 is 2.73 bits per heavy atom. The van der Waals surface area contributed by atoms with Gasteiger partial charge in [0.2, 0.25) is 0 Å². The molecule has 0 saturated carbocycles. The van der Waals surface area contributed by atoms with Crippen LogP contribution in [0.1, 0.15) is 24.4 Å². The van der Waals surface area contributed by atoms with E-state index in [9.17, 15) is 5.11 Å². The van der Waals surface area contributed by atoms with Crippen molar-refractivity contribution in [1.29, 1.82) is 0 Å². The number of nitrogens with zero attached hydrogens (tertiary/aromatic N) is 3. The molecule has 2 heterocycles. The third-order valence-electron chi connectivity index (χ3n) is 2.32. The molecule has 15 heavy (non-hydrogen) atoms. The Hall–Kier alpha value is -1.68. The molecule has 2 aromatic rings. The minimum Gasteiger partial charge on any atom is -0.389 e. The molecule has 0 radical (unpaired) electrons. The van der Waals surface area contributed by atoms with Crippen LogP contribution in [-0.4, -0.2) is 19.6 Å². The van der Waals surface area contributed by atoms with Crippen LogP contribution in [0.4, 0.5) is 0 Å². The predicted octanol–water partition coefficient (Wildman–Crippen LogP) is 1.63. The van der Waals surface area contributed by atoms with Crippen LogP contribution in [0.15, 0.2) is 30.7 Å². The van der Waals surface area contributed by atoms with Crippen molar-refractivity contribution in [2.75, 3.05) is 0 Å². The summed E-state index contributed by atoms with van der Waals surface area (Å²) >= 11 is 0. The second-order valence-corrected chi connectivity index (χ2v) is 3.44. The van der Waals surface area contributed by atoms with E-state index in [4.69, 9.17) is 0 Å². The normalized spacial score (nSPS) is 12.7.